The summed E-state index contributed by atoms with van der Waals surface area (Å²) in [5.41, 5.74) is 1.60. The first-order valence-electron chi connectivity index (χ1n) is 11.7. The van der Waals surface area contributed by atoms with Crippen molar-refractivity contribution in [2.24, 2.45) is 10.4 Å². The quantitative estimate of drug-likeness (QED) is 0.398. The minimum absolute atomic E-state index is 0.0754. The molecule has 1 saturated heterocycles. The van der Waals surface area contributed by atoms with Crippen molar-refractivity contribution in [3.63, 3.8) is 0 Å². The molecule has 2 aromatic rings. The van der Waals surface area contributed by atoms with E-state index in [2.05, 4.69) is 37.1 Å². The summed E-state index contributed by atoms with van der Waals surface area (Å²) in [5, 5.41) is 6.16. The molecule has 7 heteroatoms. The molecule has 2 aromatic carbocycles. The van der Waals surface area contributed by atoms with Crippen LogP contribution in [-0.4, -0.2) is 22.5 Å². The van der Waals surface area contributed by atoms with Gasteiger partial charge in [0.25, 0.3) is 0 Å². The van der Waals surface area contributed by atoms with Gasteiger partial charge in [0.15, 0.2) is 5.11 Å². The Morgan fingerprint density at radius 1 is 1.00 bits per heavy atom. The van der Waals surface area contributed by atoms with Crippen molar-refractivity contribution < 1.29 is 0 Å². The maximum absolute atomic E-state index is 6.41. The first kappa shape index (κ1) is 25.5. The maximum atomic E-state index is 6.41. The Morgan fingerprint density at radius 3 is 2.26 bits per heavy atom. The molecule has 1 aliphatic carbocycles. The van der Waals surface area contributed by atoms with Crippen LogP contribution in [0.5, 0.6) is 0 Å². The minimum atomic E-state index is -0.265. The van der Waals surface area contributed by atoms with E-state index in [0.717, 1.165) is 42.8 Å². The van der Waals surface area contributed by atoms with Crippen molar-refractivity contribution in [3.05, 3.63) is 69.2 Å². The zero-order valence-corrected chi connectivity index (χ0v) is 22.8. The average Bonchev–Trinajstić information content (AvgIpc) is 3.03. The lowest BCUT2D eigenvalue weighted by molar-refractivity contribution is 0.357. The molecule has 0 aromatic heterocycles. The molecule has 0 amide bonds. The number of amidine groups is 1. The van der Waals surface area contributed by atoms with Gasteiger partial charge in [-0.05, 0) is 72.4 Å². The number of benzene rings is 2. The molecule has 2 aliphatic rings. The van der Waals surface area contributed by atoms with E-state index >= 15 is 0 Å². The fourth-order valence-electron chi connectivity index (χ4n) is 4.77. The smallest absolute Gasteiger partial charge is 0.179 e. The Morgan fingerprint density at radius 2 is 1.65 bits per heavy atom. The molecule has 1 atom stereocenters. The van der Waals surface area contributed by atoms with E-state index in [-0.39, 0.29) is 17.0 Å². The summed E-state index contributed by atoms with van der Waals surface area (Å²) < 4.78 is 0. The van der Waals surface area contributed by atoms with Gasteiger partial charge in [-0.3, -0.25) is 4.99 Å². The molecular weight excluding hydrogens is 505 g/mol. The van der Waals surface area contributed by atoms with Crippen molar-refractivity contribution in [2.75, 3.05) is 4.90 Å². The molecule has 4 rings (SSSR count). The van der Waals surface area contributed by atoms with Crippen LogP contribution in [0.2, 0.25) is 15.1 Å². The summed E-state index contributed by atoms with van der Waals surface area (Å²) in [7, 11) is 0. The second kappa shape index (κ2) is 10.2. The third kappa shape index (κ3) is 5.31. The highest BCUT2D eigenvalue weighted by Gasteiger charge is 2.50. The lowest BCUT2D eigenvalue weighted by atomic mass is 9.79. The van der Waals surface area contributed by atoms with Gasteiger partial charge < -0.3 is 10.2 Å². The second-order valence-electron chi connectivity index (χ2n) is 10.1. The zero-order valence-electron chi connectivity index (χ0n) is 19.7. The van der Waals surface area contributed by atoms with Crippen LogP contribution < -0.4 is 10.2 Å². The third-order valence-electron chi connectivity index (χ3n) is 6.64. The predicted molar refractivity (Wildman–Crippen MR) is 152 cm³/mol. The standard InChI is InChI=1S/C27H30Cl3N3S/c1-26(2,3)23(14-8-18-7-9-20(29)17-22(18)30)31-24-27(15-5-4-6-16-27)33(25(34)32-24)21-12-10-19(28)11-13-21/h7-14,17,23H,4-6,15-16H2,1-3H3,(H,31,32,34)/b14-8+. The molecule has 0 radical (unpaired) electrons. The predicted octanol–water partition coefficient (Wildman–Crippen LogP) is 8.57. The van der Waals surface area contributed by atoms with Gasteiger partial charge in [0, 0.05) is 20.8 Å². The highest BCUT2D eigenvalue weighted by atomic mass is 35.5. The molecule has 0 bridgehead atoms. The van der Waals surface area contributed by atoms with Gasteiger partial charge in [-0.2, -0.15) is 0 Å². The highest BCUT2D eigenvalue weighted by molar-refractivity contribution is 7.80. The van der Waals surface area contributed by atoms with E-state index in [0.29, 0.717) is 20.2 Å². The number of nitrogens with zero attached hydrogens (tertiary/aromatic N) is 2. The van der Waals surface area contributed by atoms with Crippen molar-refractivity contribution in [1.82, 2.24) is 5.32 Å². The van der Waals surface area contributed by atoms with Crippen LogP contribution in [0, 0.1) is 5.41 Å². The first-order valence-corrected chi connectivity index (χ1v) is 13.2. The van der Waals surface area contributed by atoms with Crippen molar-refractivity contribution in [2.45, 2.75) is 64.5 Å². The Balaban J connectivity index is 1.74. The Bertz CT molecular complexity index is 1110. The summed E-state index contributed by atoms with van der Waals surface area (Å²) in [6, 6.07) is 13.4. The number of rotatable bonds is 4. The van der Waals surface area contributed by atoms with E-state index in [1.165, 1.54) is 6.42 Å². The van der Waals surface area contributed by atoms with Gasteiger partial charge in [-0.25, -0.2) is 0 Å². The molecule has 1 heterocycles. The van der Waals surface area contributed by atoms with Gasteiger partial charge in [-0.15, -0.1) is 0 Å². The van der Waals surface area contributed by atoms with Crippen LogP contribution in [0.4, 0.5) is 5.69 Å². The zero-order chi connectivity index (χ0) is 24.5. The average molecular weight is 535 g/mol. The highest BCUT2D eigenvalue weighted by Crippen LogP contribution is 2.42. The van der Waals surface area contributed by atoms with E-state index in [1.807, 2.05) is 42.5 Å². The molecule has 180 valence electrons. The lowest BCUT2D eigenvalue weighted by Gasteiger charge is -2.41. The SMILES string of the molecule is CC(C)(C)C(/C=C/c1ccc(Cl)cc1Cl)N=C1NC(=S)N(c2ccc(Cl)cc2)C12CCCCC2. The number of nitrogens with one attached hydrogen (secondary N) is 1. The first-order chi connectivity index (χ1) is 16.1. The van der Waals surface area contributed by atoms with E-state index in [1.54, 1.807) is 6.07 Å². The minimum Gasteiger partial charge on any atom is -0.319 e. The topological polar surface area (TPSA) is 27.6 Å². The molecule has 1 spiro atoms. The lowest BCUT2D eigenvalue weighted by Crippen LogP contribution is -2.51. The summed E-state index contributed by atoms with van der Waals surface area (Å²) in [6.07, 6.45) is 9.70. The third-order valence-corrected chi connectivity index (χ3v) is 7.74. The molecule has 1 unspecified atom stereocenters. The Labute approximate surface area is 223 Å². The number of hydrogen-bond donors (Lipinski definition) is 1. The van der Waals surface area contributed by atoms with Crippen LogP contribution in [0.3, 0.4) is 0 Å². The fourth-order valence-corrected chi connectivity index (χ4v) is 5.75. The normalized spacial score (nSPS) is 20.4. The van der Waals surface area contributed by atoms with Crippen LogP contribution in [0.15, 0.2) is 53.5 Å². The van der Waals surface area contributed by atoms with E-state index < -0.39 is 0 Å². The fraction of sp³-hybridized carbons (Fsp3) is 0.407. The van der Waals surface area contributed by atoms with Crippen LogP contribution in [0.1, 0.15) is 58.4 Å². The van der Waals surface area contributed by atoms with Crippen LogP contribution >= 0.6 is 47.0 Å². The summed E-state index contributed by atoms with van der Waals surface area (Å²) in [5.74, 6) is 0.957. The van der Waals surface area contributed by atoms with E-state index in [9.17, 15) is 0 Å². The second-order valence-corrected chi connectivity index (χ2v) is 11.8. The number of anilines is 1. The molecule has 3 nitrogen and oxygen atoms in total. The van der Waals surface area contributed by atoms with Gasteiger partial charge in [-0.1, -0.05) is 93.1 Å². The molecule has 34 heavy (non-hydrogen) atoms. The van der Waals surface area contributed by atoms with Crippen LogP contribution in [-0.2, 0) is 0 Å². The van der Waals surface area contributed by atoms with Gasteiger partial charge >= 0.3 is 0 Å². The molecule has 1 saturated carbocycles. The van der Waals surface area contributed by atoms with Crippen molar-refractivity contribution in [3.8, 4) is 0 Å². The van der Waals surface area contributed by atoms with Gasteiger partial charge in [0.2, 0.25) is 0 Å². The molecule has 1 N–H and O–H groups in total. The number of thiocarbonyl (C=S) groups is 1. The maximum Gasteiger partial charge on any atom is 0.179 e. The van der Waals surface area contributed by atoms with Crippen molar-refractivity contribution in [1.29, 1.82) is 0 Å². The largest absolute Gasteiger partial charge is 0.319 e. The number of hydrogen-bond acceptors (Lipinski definition) is 2. The number of halogens is 3. The van der Waals surface area contributed by atoms with E-state index in [4.69, 9.17) is 52.0 Å². The Hall–Kier alpha value is -1.59. The summed E-state index contributed by atoms with van der Waals surface area (Å²) in [4.78, 5) is 7.58. The van der Waals surface area contributed by atoms with Crippen molar-refractivity contribution >= 4 is 69.7 Å². The summed E-state index contributed by atoms with van der Waals surface area (Å²) >= 11 is 24.5. The summed E-state index contributed by atoms with van der Waals surface area (Å²) in [6.45, 7) is 6.61. The molecular formula is C27H30Cl3N3S. The number of aliphatic imine (C=N–C) groups is 1. The molecule has 1 aliphatic heterocycles. The Kier molecular flexibility index (Phi) is 7.64. The van der Waals surface area contributed by atoms with Gasteiger partial charge in [0.1, 0.15) is 11.4 Å². The van der Waals surface area contributed by atoms with Crippen LogP contribution in [0.25, 0.3) is 6.08 Å². The molecule has 2 fully saturated rings. The van der Waals surface area contributed by atoms with Gasteiger partial charge in [0.05, 0.1) is 6.04 Å². The monoisotopic (exact) mass is 533 g/mol.